The number of rotatable bonds is 1. The molecule has 17 heavy (non-hydrogen) atoms. The highest BCUT2D eigenvalue weighted by molar-refractivity contribution is 5.62. The van der Waals surface area contributed by atoms with Crippen LogP contribution >= 0.6 is 0 Å². The second kappa shape index (κ2) is 4.04. The van der Waals surface area contributed by atoms with Gasteiger partial charge in [-0.1, -0.05) is 12.1 Å². The molecule has 2 aromatic rings. The molecule has 1 heterocycles. The van der Waals surface area contributed by atoms with Crippen LogP contribution in [0, 0.1) is 0 Å². The Bertz CT molecular complexity index is 590. The number of aromatic amines is 1. The lowest BCUT2D eigenvalue weighted by Gasteiger charge is -2.08. The molecule has 0 spiro atoms. The van der Waals surface area contributed by atoms with E-state index in [-0.39, 0.29) is 0 Å². The molecule has 0 fully saturated rings. The topological polar surface area (TPSA) is 45.8 Å². The number of H-pyrrole nitrogens is 1. The molecule has 88 valence electrons. The van der Waals surface area contributed by atoms with E-state index in [4.69, 9.17) is 0 Å². The van der Waals surface area contributed by atoms with Gasteiger partial charge in [0.1, 0.15) is 0 Å². The van der Waals surface area contributed by atoms with Gasteiger partial charge >= 0.3 is 6.18 Å². The maximum Gasteiger partial charge on any atom is 0.416 e. The summed E-state index contributed by atoms with van der Waals surface area (Å²) in [6.07, 6.45) is -3.10. The van der Waals surface area contributed by atoms with Crippen molar-refractivity contribution in [1.29, 1.82) is 0 Å². The summed E-state index contributed by atoms with van der Waals surface area (Å²) in [6, 6.07) is 5.94. The molecule has 2 rings (SSSR count). The highest BCUT2D eigenvalue weighted by Crippen LogP contribution is 2.31. The maximum atomic E-state index is 12.5. The smallest absolute Gasteiger partial charge is 0.268 e. The molecule has 0 radical (unpaired) electrons. The molecule has 0 saturated carbocycles. The summed E-state index contributed by atoms with van der Waals surface area (Å²) in [5.41, 5.74) is -0.562. The Kier molecular flexibility index (Phi) is 2.71. The van der Waals surface area contributed by atoms with Crippen LogP contribution in [0.25, 0.3) is 11.1 Å². The van der Waals surface area contributed by atoms with Gasteiger partial charge in [-0.15, -0.1) is 0 Å². The number of alkyl halides is 3. The predicted octanol–water partition coefficient (Wildman–Crippen LogP) is 2.46. The van der Waals surface area contributed by atoms with Crippen molar-refractivity contribution in [3.63, 3.8) is 0 Å². The van der Waals surface area contributed by atoms with E-state index < -0.39 is 17.3 Å². The molecule has 1 N–H and O–H groups in total. The Hall–Kier alpha value is -2.11. The van der Waals surface area contributed by atoms with Crippen LogP contribution in [0.4, 0.5) is 13.2 Å². The normalized spacial score (nSPS) is 11.5. The van der Waals surface area contributed by atoms with E-state index in [0.29, 0.717) is 11.1 Å². The molecular formula is C11H7F3N2O. The van der Waals surface area contributed by atoms with Gasteiger partial charge in [0.2, 0.25) is 0 Å². The highest BCUT2D eigenvalue weighted by Gasteiger charge is 2.30. The Labute approximate surface area is 93.9 Å². The number of nitrogens with zero attached hydrogens (tertiary/aromatic N) is 1. The minimum Gasteiger partial charge on any atom is -0.268 e. The average molecular weight is 240 g/mol. The molecule has 6 heteroatoms. The third-order valence-corrected chi connectivity index (χ3v) is 2.19. The largest absolute Gasteiger partial charge is 0.416 e. The van der Waals surface area contributed by atoms with Crippen LogP contribution in [0.2, 0.25) is 0 Å². The van der Waals surface area contributed by atoms with Crippen molar-refractivity contribution in [2.45, 2.75) is 6.18 Å². The summed E-state index contributed by atoms with van der Waals surface area (Å²) in [6.45, 7) is 0. The van der Waals surface area contributed by atoms with Crippen molar-refractivity contribution in [2.24, 2.45) is 0 Å². The first-order valence-corrected chi connectivity index (χ1v) is 4.69. The van der Waals surface area contributed by atoms with Crippen molar-refractivity contribution in [1.82, 2.24) is 10.2 Å². The number of hydrogen-bond acceptors (Lipinski definition) is 2. The van der Waals surface area contributed by atoms with Crippen molar-refractivity contribution in [3.05, 3.63) is 52.4 Å². The third kappa shape index (κ3) is 2.52. The van der Waals surface area contributed by atoms with Crippen molar-refractivity contribution >= 4 is 0 Å². The molecule has 1 aromatic carbocycles. The van der Waals surface area contributed by atoms with E-state index in [1.807, 2.05) is 0 Å². The second-order valence-electron chi connectivity index (χ2n) is 3.41. The van der Waals surface area contributed by atoms with Gasteiger partial charge in [-0.25, -0.2) is 5.10 Å². The number of benzene rings is 1. The van der Waals surface area contributed by atoms with Crippen LogP contribution in [0.5, 0.6) is 0 Å². The van der Waals surface area contributed by atoms with E-state index in [9.17, 15) is 18.0 Å². The lowest BCUT2D eigenvalue weighted by molar-refractivity contribution is -0.137. The maximum absolute atomic E-state index is 12.5. The molecule has 3 nitrogen and oxygen atoms in total. The first-order chi connectivity index (χ1) is 7.97. The van der Waals surface area contributed by atoms with Gasteiger partial charge in [0, 0.05) is 11.6 Å². The van der Waals surface area contributed by atoms with E-state index in [0.717, 1.165) is 12.1 Å². The lowest BCUT2D eigenvalue weighted by atomic mass is 10.1. The third-order valence-electron chi connectivity index (χ3n) is 2.19. The van der Waals surface area contributed by atoms with Gasteiger partial charge in [-0.3, -0.25) is 4.79 Å². The summed E-state index contributed by atoms with van der Waals surface area (Å²) in [5, 5.41) is 5.69. The quantitative estimate of drug-likeness (QED) is 0.832. The van der Waals surface area contributed by atoms with E-state index >= 15 is 0 Å². The number of halogens is 3. The Morgan fingerprint density at radius 1 is 1.12 bits per heavy atom. The fourth-order valence-corrected chi connectivity index (χ4v) is 1.41. The fraction of sp³-hybridized carbons (Fsp3) is 0.0909. The lowest BCUT2D eigenvalue weighted by Crippen LogP contribution is -2.07. The molecule has 0 amide bonds. The molecule has 0 aliphatic carbocycles. The van der Waals surface area contributed by atoms with Crippen molar-refractivity contribution < 1.29 is 13.2 Å². The highest BCUT2D eigenvalue weighted by atomic mass is 19.4. The molecule has 0 bridgehead atoms. The van der Waals surface area contributed by atoms with Gasteiger partial charge in [-0.2, -0.15) is 18.3 Å². The van der Waals surface area contributed by atoms with Gasteiger partial charge in [0.05, 0.1) is 11.8 Å². The Morgan fingerprint density at radius 2 is 1.88 bits per heavy atom. The fourth-order valence-electron chi connectivity index (χ4n) is 1.41. The monoisotopic (exact) mass is 240 g/mol. The molecule has 0 aliphatic heterocycles. The van der Waals surface area contributed by atoms with Crippen LogP contribution in [0.1, 0.15) is 5.56 Å². The van der Waals surface area contributed by atoms with Crippen molar-refractivity contribution in [2.75, 3.05) is 0 Å². The SMILES string of the molecule is O=c1cc(-c2cccc(C(F)(F)F)c2)cn[nH]1. The summed E-state index contributed by atoms with van der Waals surface area (Å²) < 4.78 is 37.4. The van der Waals surface area contributed by atoms with Gasteiger partial charge in [0.15, 0.2) is 0 Å². The summed E-state index contributed by atoms with van der Waals surface area (Å²) in [7, 11) is 0. The summed E-state index contributed by atoms with van der Waals surface area (Å²) in [4.78, 5) is 11.0. The zero-order valence-corrected chi connectivity index (χ0v) is 8.45. The Morgan fingerprint density at radius 3 is 2.53 bits per heavy atom. The molecule has 0 aliphatic rings. The van der Waals surface area contributed by atoms with Gasteiger partial charge < -0.3 is 0 Å². The second-order valence-corrected chi connectivity index (χ2v) is 3.41. The number of nitrogens with one attached hydrogen (secondary N) is 1. The van der Waals surface area contributed by atoms with Crippen LogP contribution in [-0.4, -0.2) is 10.2 Å². The molecule has 0 saturated heterocycles. The van der Waals surface area contributed by atoms with E-state index in [1.165, 1.54) is 24.4 Å². The summed E-state index contributed by atoms with van der Waals surface area (Å²) >= 11 is 0. The molecule has 1 aromatic heterocycles. The van der Waals surface area contributed by atoms with Crippen molar-refractivity contribution in [3.8, 4) is 11.1 Å². The van der Waals surface area contributed by atoms with Crippen LogP contribution < -0.4 is 5.56 Å². The van der Waals surface area contributed by atoms with Gasteiger partial charge in [-0.05, 0) is 17.7 Å². The molecule has 0 atom stereocenters. The van der Waals surface area contributed by atoms with Gasteiger partial charge in [0.25, 0.3) is 5.56 Å². The standard InChI is InChI=1S/C11H7F3N2O/c12-11(13,14)9-3-1-2-7(4-9)8-5-10(17)16-15-6-8/h1-6H,(H,16,17). The Balaban J connectivity index is 2.51. The number of aromatic nitrogens is 2. The molecule has 0 unspecified atom stereocenters. The minimum atomic E-state index is -4.40. The minimum absolute atomic E-state index is 0.304. The first-order valence-electron chi connectivity index (χ1n) is 4.69. The first kappa shape index (κ1) is 11.4. The zero-order chi connectivity index (χ0) is 12.5. The number of hydrogen-bond donors (Lipinski definition) is 1. The average Bonchev–Trinajstić information content (AvgIpc) is 2.28. The van der Waals surface area contributed by atoms with Crippen LogP contribution in [0.3, 0.4) is 0 Å². The van der Waals surface area contributed by atoms with Crippen LogP contribution in [0.15, 0.2) is 41.3 Å². The van der Waals surface area contributed by atoms with Crippen LogP contribution in [-0.2, 0) is 6.18 Å². The summed E-state index contributed by atoms with van der Waals surface area (Å²) in [5.74, 6) is 0. The molecular weight excluding hydrogens is 233 g/mol. The predicted molar refractivity (Wildman–Crippen MR) is 55.3 cm³/mol. The van der Waals surface area contributed by atoms with E-state index in [2.05, 4.69) is 10.2 Å². The van der Waals surface area contributed by atoms with E-state index in [1.54, 1.807) is 0 Å². The zero-order valence-electron chi connectivity index (χ0n) is 8.45.